The van der Waals surface area contributed by atoms with Crippen LogP contribution < -0.4 is 0 Å². The third-order valence-electron chi connectivity index (χ3n) is 4.73. The van der Waals surface area contributed by atoms with E-state index in [9.17, 15) is 8.42 Å². The number of aryl methyl sites for hydroxylation is 2. The van der Waals surface area contributed by atoms with E-state index in [1.807, 2.05) is 17.5 Å². The Bertz CT molecular complexity index is 1040. The Kier molecular flexibility index (Phi) is 4.20. The molecule has 3 aromatic heterocycles. The van der Waals surface area contributed by atoms with E-state index >= 15 is 0 Å². The summed E-state index contributed by atoms with van der Waals surface area (Å²) in [6.45, 7) is 4.27. The van der Waals surface area contributed by atoms with Gasteiger partial charge in [-0.05, 0) is 31.7 Å². The molecule has 1 aliphatic heterocycles. The van der Waals surface area contributed by atoms with Gasteiger partial charge in [-0.3, -0.25) is 4.68 Å². The van der Waals surface area contributed by atoms with Crippen LogP contribution in [-0.4, -0.2) is 45.7 Å². The lowest BCUT2D eigenvalue weighted by Crippen LogP contribution is -2.29. The maximum atomic E-state index is 13.1. The zero-order valence-corrected chi connectivity index (χ0v) is 16.3. The van der Waals surface area contributed by atoms with E-state index in [0.29, 0.717) is 47.5 Å². The summed E-state index contributed by atoms with van der Waals surface area (Å²) >= 11 is 1.53. The molecular weight excluding hydrogens is 374 g/mol. The number of hydrogen-bond acceptors (Lipinski definition) is 7. The second kappa shape index (κ2) is 6.29. The van der Waals surface area contributed by atoms with Crippen molar-refractivity contribution >= 4 is 21.4 Å². The van der Waals surface area contributed by atoms with Crippen molar-refractivity contribution in [3.63, 3.8) is 0 Å². The minimum absolute atomic E-state index is 0.0699. The van der Waals surface area contributed by atoms with Gasteiger partial charge in [-0.2, -0.15) is 14.4 Å². The first-order valence-corrected chi connectivity index (χ1v) is 10.6. The van der Waals surface area contributed by atoms with Gasteiger partial charge in [0.25, 0.3) is 5.89 Å². The number of sulfonamides is 1. The Labute approximate surface area is 155 Å². The quantitative estimate of drug-likeness (QED) is 0.675. The smallest absolute Gasteiger partial charge is 0.267 e. The Morgan fingerprint density at radius 3 is 2.81 bits per heavy atom. The van der Waals surface area contributed by atoms with Gasteiger partial charge in [-0.1, -0.05) is 11.2 Å². The van der Waals surface area contributed by atoms with Crippen molar-refractivity contribution in [1.82, 2.24) is 24.2 Å². The maximum absolute atomic E-state index is 13.1. The van der Waals surface area contributed by atoms with Crippen molar-refractivity contribution < 1.29 is 12.9 Å². The molecule has 0 bridgehead atoms. The summed E-state index contributed by atoms with van der Waals surface area (Å²) in [5.74, 6) is 0.973. The third kappa shape index (κ3) is 2.78. The summed E-state index contributed by atoms with van der Waals surface area (Å²) in [6, 6.07) is 3.84. The summed E-state index contributed by atoms with van der Waals surface area (Å²) in [7, 11) is -1.84. The SMILES string of the molecule is Cc1nn(C)c(C)c1S(=O)(=O)N1CCC(c2noc(-c3cccs3)n2)C1. The average Bonchev–Trinajstić information content (AvgIpc) is 3.34. The van der Waals surface area contributed by atoms with Crippen LogP contribution in [0, 0.1) is 13.8 Å². The van der Waals surface area contributed by atoms with Crippen molar-refractivity contribution in [3.05, 3.63) is 34.7 Å². The molecule has 0 aliphatic carbocycles. The van der Waals surface area contributed by atoms with Gasteiger partial charge < -0.3 is 4.52 Å². The van der Waals surface area contributed by atoms with Gasteiger partial charge in [-0.25, -0.2) is 8.42 Å². The lowest BCUT2D eigenvalue weighted by molar-refractivity contribution is 0.415. The lowest BCUT2D eigenvalue weighted by Gasteiger charge is -2.16. The van der Waals surface area contributed by atoms with Gasteiger partial charge in [0.15, 0.2) is 5.82 Å². The molecule has 0 aromatic carbocycles. The van der Waals surface area contributed by atoms with Crippen molar-refractivity contribution in [3.8, 4) is 10.8 Å². The molecule has 0 amide bonds. The molecule has 1 atom stereocenters. The van der Waals surface area contributed by atoms with Crippen LogP contribution in [-0.2, 0) is 17.1 Å². The van der Waals surface area contributed by atoms with Gasteiger partial charge in [0.05, 0.1) is 16.3 Å². The van der Waals surface area contributed by atoms with Gasteiger partial charge in [0, 0.05) is 26.1 Å². The van der Waals surface area contributed by atoms with Crippen LogP contribution in [0.25, 0.3) is 10.8 Å². The van der Waals surface area contributed by atoms with Crippen molar-refractivity contribution in [2.75, 3.05) is 13.1 Å². The van der Waals surface area contributed by atoms with Gasteiger partial charge in [0.1, 0.15) is 4.90 Å². The molecule has 1 saturated heterocycles. The first-order chi connectivity index (χ1) is 12.4. The van der Waals surface area contributed by atoms with E-state index in [1.54, 1.807) is 25.6 Å². The fourth-order valence-corrected chi connectivity index (χ4v) is 5.86. The molecule has 10 heteroatoms. The fraction of sp³-hybridized carbons (Fsp3) is 0.438. The predicted octanol–water partition coefficient (Wildman–Crippen LogP) is 2.33. The second-order valence-corrected chi connectivity index (χ2v) is 9.23. The Hall–Kier alpha value is -2.04. The Morgan fingerprint density at radius 1 is 1.35 bits per heavy atom. The van der Waals surface area contributed by atoms with Gasteiger partial charge in [0.2, 0.25) is 10.0 Å². The largest absolute Gasteiger partial charge is 0.333 e. The highest BCUT2D eigenvalue weighted by Gasteiger charge is 2.38. The van der Waals surface area contributed by atoms with Crippen LogP contribution in [0.4, 0.5) is 0 Å². The highest BCUT2D eigenvalue weighted by atomic mass is 32.2. The van der Waals surface area contributed by atoms with Crippen LogP contribution in [0.15, 0.2) is 26.9 Å². The molecule has 8 nitrogen and oxygen atoms in total. The Balaban J connectivity index is 1.57. The minimum Gasteiger partial charge on any atom is -0.333 e. The average molecular weight is 393 g/mol. The molecule has 4 rings (SSSR count). The van der Waals surface area contributed by atoms with Crippen LogP contribution in [0.2, 0.25) is 0 Å². The van der Waals surface area contributed by atoms with E-state index < -0.39 is 10.0 Å². The molecule has 1 unspecified atom stereocenters. The Morgan fingerprint density at radius 2 is 2.15 bits per heavy atom. The standard InChI is InChI=1S/C16H19N5O3S2/c1-10-14(11(2)20(3)18-10)26(22,23)21-7-6-12(9-21)15-17-16(24-19-15)13-5-4-8-25-13/h4-5,8,12H,6-7,9H2,1-3H3. The highest BCUT2D eigenvalue weighted by molar-refractivity contribution is 7.89. The van der Waals surface area contributed by atoms with E-state index in [2.05, 4.69) is 15.2 Å². The van der Waals surface area contributed by atoms with Crippen molar-refractivity contribution in [2.45, 2.75) is 31.1 Å². The maximum Gasteiger partial charge on any atom is 0.267 e. The van der Waals surface area contributed by atoms with Crippen LogP contribution in [0.3, 0.4) is 0 Å². The van der Waals surface area contributed by atoms with E-state index in [1.165, 1.54) is 15.6 Å². The number of aromatic nitrogens is 4. The molecule has 0 radical (unpaired) electrons. The van der Waals surface area contributed by atoms with E-state index in [4.69, 9.17) is 4.52 Å². The van der Waals surface area contributed by atoms with E-state index in [-0.39, 0.29) is 5.92 Å². The molecule has 0 spiro atoms. The third-order valence-corrected chi connectivity index (χ3v) is 7.71. The number of nitrogens with zero attached hydrogens (tertiary/aromatic N) is 5. The summed E-state index contributed by atoms with van der Waals surface area (Å²) in [4.78, 5) is 5.67. The predicted molar refractivity (Wildman–Crippen MR) is 96.4 cm³/mol. The monoisotopic (exact) mass is 393 g/mol. The molecule has 0 N–H and O–H groups in total. The molecule has 4 heterocycles. The first kappa shape index (κ1) is 17.4. The molecule has 26 heavy (non-hydrogen) atoms. The molecule has 1 fully saturated rings. The topological polar surface area (TPSA) is 94.1 Å². The van der Waals surface area contributed by atoms with Crippen molar-refractivity contribution in [2.24, 2.45) is 7.05 Å². The molecule has 3 aromatic rings. The number of rotatable bonds is 4. The molecular formula is C16H19N5O3S2. The minimum atomic E-state index is -3.59. The lowest BCUT2D eigenvalue weighted by atomic mass is 10.1. The zero-order chi connectivity index (χ0) is 18.5. The molecule has 0 saturated carbocycles. The zero-order valence-electron chi connectivity index (χ0n) is 14.7. The van der Waals surface area contributed by atoms with Crippen molar-refractivity contribution in [1.29, 1.82) is 0 Å². The van der Waals surface area contributed by atoms with Crippen LogP contribution in [0.1, 0.15) is 29.6 Å². The number of thiophene rings is 1. The summed E-state index contributed by atoms with van der Waals surface area (Å²) in [5.41, 5.74) is 1.17. The molecule has 1 aliphatic rings. The second-order valence-electron chi connectivity index (χ2n) is 6.41. The summed E-state index contributed by atoms with van der Waals surface area (Å²) < 4.78 is 34.6. The van der Waals surface area contributed by atoms with Crippen LogP contribution >= 0.6 is 11.3 Å². The first-order valence-electron chi connectivity index (χ1n) is 8.25. The molecule has 138 valence electrons. The normalized spacial score (nSPS) is 18.7. The van der Waals surface area contributed by atoms with E-state index in [0.717, 1.165) is 4.88 Å². The fourth-order valence-electron chi connectivity index (χ4n) is 3.31. The summed E-state index contributed by atoms with van der Waals surface area (Å²) in [5, 5.41) is 10.2. The van der Waals surface area contributed by atoms with Crippen LogP contribution in [0.5, 0.6) is 0 Å². The van der Waals surface area contributed by atoms with Gasteiger partial charge in [-0.15, -0.1) is 11.3 Å². The number of hydrogen-bond donors (Lipinski definition) is 0. The highest BCUT2D eigenvalue weighted by Crippen LogP contribution is 2.33. The summed E-state index contributed by atoms with van der Waals surface area (Å²) in [6.07, 6.45) is 0.668. The van der Waals surface area contributed by atoms with Gasteiger partial charge >= 0.3 is 0 Å².